The van der Waals surface area contributed by atoms with Crippen molar-refractivity contribution >= 4 is 34.9 Å². The lowest BCUT2D eigenvalue weighted by molar-refractivity contribution is -0.383. The molecule has 3 aromatic rings. The number of pyridine rings is 1. The minimum atomic E-state index is -0.560. The van der Waals surface area contributed by atoms with Gasteiger partial charge < -0.3 is 20.3 Å². The highest BCUT2D eigenvalue weighted by atomic mass is 35.5. The number of aromatic nitrogens is 1. The van der Waals surface area contributed by atoms with E-state index in [1.165, 1.54) is 0 Å². The highest BCUT2D eigenvalue weighted by molar-refractivity contribution is 6.30. The number of nitrogens with one attached hydrogen (secondary N) is 2. The van der Waals surface area contributed by atoms with E-state index in [4.69, 9.17) is 16.3 Å². The summed E-state index contributed by atoms with van der Waals surface area (Å²) in [6.45, 7) is 8.85. The molecule has 0 unspecified atom stereocenters. The maximum atomic E-state index is 12.4. The highest BCUT2D eigenvalue weighted by Crippen LogP contribution is 2.40. The number of halogens is 1. The maximum absolute atomic E-state index is 12.4. The first-order valence-electron chi connectivity index (χ1n) is 12.9. The number of carbonyl (C=O) groups is 1. The number of rotatable bonds is 12. The van der Waals surface area contributed by atoms with Crippen molar-refractivity contribution in [1.82, 2.24) is 10.3 Å². The molecule has 0 aliphatic heterocycles. The number of unbranched alkanes of at least 4 members (excludes halogenated alkanes) is 1. The topological polar surface area (TPSA) is 110 Å². The summed E-state index contributed by atoms with van der Waals surface area (Å²) in [4.78, 5) is 30.2. The number of nitrogens with zero attached hydrogens (tertiary/aromatic N) is 3. The Balaban J connectivity index is 1.81. The number of amides is 1. The molecule has 0 atom stereocenters. The second-order valence-electron chi connectivity index (χ2n) is 10.2. The average molecular weight is 554 g/mol. The molecule has 39 heavy (non-hydrogen) atoms. The van der Waals surface area contributed by atoms with E-state index < -0.39 is 16.6 Å². The first-order chi connectivity index (χ1) is 18.5. The van der Waals surface area contributed by atoms with Gasteiger partial charge in [-0.25, -0.2) is 9.78 Å². The van der Waals surface area contributed by atoms with Crippen LogP contribution in [0.2, 0.25) is 5.15 Å². The van der Waals surface area contributed by atoms with Crippen LogP contribution in [0.3, 0.4) is 0 Å². The lowest BCUT2D eigenvalue weighted by Gasteiger charge is -2.25. The molecule has 0 spiro atoms. The number of hydrogen-bond acceptors (Lipinski definition) is 7. The third-order valence-electron chi connectivity index (χ3n) is 5.83. The van der Waals surface area contributed by atoms with Crippen LogP contribution in [0.15, 0.2) is 60.7 Å². The zero-order valence-electron chi connectivity index (χ0n) is 22.9. The number of ether oxygens (including phenoxy) is 1. The van der Waals surface area contributed by atoms with Crippen LogP contribution < -0.4 is 15.5 Å². The molecule has 1 aromatic heterocycles. The summed E-state index contributed by atoms with van der Waals surface area (Å²) in [5, 5.41) is 18.6. The fraction of sp³-hybridized carbons (Fsp3) is 0.379. The molecular formula is C29H36ClN5O4. The van der Waals surface area contributed by atoms with Crippen molar-refractivity contribution in [2.75, 3.05) is 23.3 Å². The first kappa shape index (κ1) is 29.7. The second-order valence-corrected chi connectivity index (χ2v) is 10.6. The molecule has 10 heteroatoms. The molecule has 0 saturated carbocycles. The number of anilines is 2. The molecule has 0 radical (unpaired) electrons. The monoisotopic (exact) mass is 553 g/mol. The van der Waals surface area contributed by atoms with Crippen LogP contribution in [0.1, 0.15) is 50.3 Å². The summed E-state index contributed by atoms with van der Waals surface area (Å²) in [6, 6.07) is 19.5. The van der Waals surface area contributed by atoms with Gasteiger partial charge in [-0.2, -0.15) is 0 Å². The van der Waals surface area contributed by atoms with Gasteiger partial charge in [-0.15, -0.1) is 0 Å². The van der Waals surface area contributed by atoms with E-state index in [0.29, 0.717) is 50.3 Å². The van der Waals surface area contributed by atoms with Gasteiger partial charge in [0.2, 0.25) is 5.82 Å². The Morgan fingerprint density at radius 2 is 1.54 bits per heavy atom. The third kappa shape index (κ3) is 9.14. The number of nitro groups is 1. The molecule has 0 aliphatic carbocycles. The van der Waals surface area contributed by atoms with Crippen molar-refractivity contribution in [3.8, 4) is 0 Å². The van der Waals surface area contributed by atoms with E-state index in [1.807, 2.05) is 65.6 Å². The Morgan fingerprint density at radius 1 is 1.00 bits per heavy atom. The average Bonchev–Trinajstić information content (AvgIpc) is 2.87. The Bertz CT molecular complexity index is 1210. The second kappa shape index (κ2) is 13.8. The van der Waals surface area contributed by atoms with Crippen LogP contribution in [0.5, 0.6) is 0 Å². The summed E-state index contributed by atoms with van der Waals surface area (Å²) >= 11 is 6.53. The highest BCUT2D eigenvalue weighted by Gasteiger charge is 2.30. The number of hydrogen-bond donors (Lipinski definition) is 2. The fourth-order valence-corrected chi connectivity index (χ4v) is 4.19. The Hall–Kier alpha value is -3.85. The Kier molecular flexibility index (Phi) is 10.5. The molecule has 9 nitrogen and oxygen atoms in total. The summed E-state index contributed by atoms with van der Waals surface area (Å²) < 4.78 is 5.24. The largest absolute Gasteiger partial charge is 0.444 e. The molecule has 0 aliphatic rings. The Morgan fingerprint density at radius 3 is 2.05 bits per heavy atom. The molecule has 1 heterocycles. The van der Waals surface area contributed by atoms with Crippen LogP contribution in [0, 0.1) is 17.0 Å². The van der Waals surface area contributed by atoms with Crippen molar-refractivity contribution in [2.24, 2.45) is 0 Å². The van der Waals surface area contributed by atoms with E-state index >= 15 is 0 Å². The maximum Gasteiger partial charge on any atom is 0.407 e. The molecule has 2 aromatic carbocycles. The van der Waals surface area contributed by atoms with Gasteiger partial charge in [-0.05, 0) is 51.7 Å². The van der Waals surface area contributed by atoms with Gasteiger partial charge in [0.25, 0.3) is 0 Å². The molecule has 2 N–H and O–H groups in total. The van der Waals surface area contributed by atoms with Crippen molar-refractivity contribution in [3.05, 3.63) is 92.6 Å². The summed E-state index contributed by atoms with van der Waals surface area (Å²) in [5.74, 6) is 0.206. The molecule has 1 amide bonds. The van der Waals surface area contributed by atoms with E-state index in [0.717, 1.165) is 11.1 Å². The number of carbonyl (C=O) groups excluding carboxylic acids is 1. The van der Waals surface area contributed by atoms with Crippen molar-refractivity contribution in [2.45, 2.75) is 59.2 Å². The molecule has 0 saturated heterocycles. The van der Waals surface area contributed by atoms with Crippen molar-refractivity contribution < 1.29 is 14.5 Å². The number of alkyl carbamates (subject to hydrolysis) is 1. The standard InChI is InChI=1S/C29H36ClN5O4/c1-21-24(31-17-11-12-18-32-28(36)39-29(2,3)4)25(35(37)38)27(33-26(21)30)34(19-22-13-7-5-8-14-22)20-23-15-9-6-10-16-23/h5-10,13-16H,11-12,17-20H2,1-4H3,(H,31,33)(H,32,36). The van der Waals surface area contributed by atoms with Crippen LogP contribution in [-0.2, 0) is 17.8 Å². The summed E-state index contributed by atoms with van der Waals surface area (Å²) in [6.07, 6.45) is 0.864. The molecule has 208 valence electrons. The predicted molar refractivity (Wildman–Crippen MR) is 155 cm³/mol. The van der Waals surface area contributed by atoms with Gasteiger partial charge in [-0.3, -0.25) is 10.1 Å². The molecule has 0 bridgehead atoms. The normalized spacial score (nSPS) is 11.1. The molecule has 3 rings (SSSR count). The van der Waals surface area contributed by atoms with Gasteiger partial charge in [0.15, 0.2) is 0 Å². The SMILES string of the molecule is Cc1c(Cl)nc(N(Cc2ccccc2)Cc2ccccc2)c([N+](=O)[O-])c1NCCCCNC(=O)OC(C)(C)C. The quantitative estimate of drug-likeness (QED) is 0.109. The van der Waals surface area contributed by atoms with Crippen molar-refractivity contribution in [3.63, 3.8) is 0 Å². The predicted octanol–water partition coefficient (Wildman–Crippen LogP) is 6.88. The first-order valence-corrected chi connectivity index (χ1v) is 13.3. The van der Waals surface area contributed by atoms with Crippen molar-refractivity contribution in [1.29, 1.82) is 0 Å². The summed E-state index contributed by atoms with van der Waals surface area (Å²) in [7, 11) is 0. The lowest BCUT2D eigenvalue weighted by Crippen LogP contribution is -2.33. The van der Waals surface area contributed by atoms with E-state index in [1.54, 1.807) is 27.7 Å². The van der Waals surface area contributed by atoms with Crippen LogP contribution in [0.25, 0.3) is 0 Å². The molecular weight excluding hydrogens is 518 g/mol. The minimum Gasteiger partial charge on any atom is -0.444 e. The number of benzene rings is 2. The van der Waals surface area contributed by atoms with Gasteiger partial charge in [-0.1, -0.05) is 72.3 Å². The molecule has 0 fully saturated rings. The van der Waals surface area contributed by atoms with Crippen LogP contribution >= 0.6 is 11.6 Å². The Labute approximate surface area is 234 Å². The van der Waals surface area contributed by atoms with E-state index in [9.17, 15) is 14.9 Å². The van der Waals surface area contributed by atoms with Crippen LogP contribution in [-0.4, -0.2) is 34.7 Å². The van der Waals surface area contributed by atoms with E-state index in [2.05, 4.69) is 15.6 Å². The van der Waals surface area contributed by atoms with Gasteiger partial charge in [0, 0.05) is 31.7 Å². The fourth-order valence-electron chi connectivity index (χ4n) is 4.01. The van der Waals surface area contributed by atoms with Crippen LogP contribution in [0.4, 0.5) is 22.0 Å². The third-order valence-corrected chi connectivity index (χ3v) is 6.19. The van der Waals surface area contributed by atoms with Gasteiger partial charge >= 0.3 is 11.8 Å². The van der Waals surface area contributed by atoms with Gasteiger partial charge in [0.1, 0.15) is 16.4 Å². The van der Waals surface area contributed by atoms with Gasteiger partial charge in [0.05, 0.1) is 4.92 Å². The zero-order valence-corrected chi connectivity index (χ0v) is 23.6. The zero-order chi connectivity index (χ0) is 28.4. The van der Waals surface area contributed by atoms with E-state index in [-0.39, 0.29) is 16.7 Å². The summed E-state index contributed by atoms with van der Waals surface area (Å²) in [5.41, 5.74) is 2.17. The lowest BCUT2D eigenvalue weighted by atomic mass is 10.1. The minimum absolute atomic E-state index is 0.115. The smallest absolute Gasteiger partial charge is 0.407 e.